The molecule has 2 aliphatic rings. The highest BCUT2D eigenvalue weighted by Gasteiger charge is 2.28. The molecule has 5 rings (SSSR count). The van der Waals surface area contributed by atoms with Crippen LogP contribution in [0.3, 0.4) is 0 Å². The van der Waals surface area contributed by atoms with Crippen LogP contribution in [0.4, 0.5) is 15.0 Å². The third-order valence-electron chi connectivity index (χ3n) is 6.77. The van der Waals surface area contributed by atoms with Crippen LogP contribution in [0.2, 0.25) is 0 Å². The highest BCUT2D eigenvalue weighted by Crippen LogP contribution is 2.33. The van der Waals surface area contributed by atoms with E-state index in [1.807, 2.05) is 4.90 Å². The standard InChI is InChI=1S/C27H31FN4O4/c28-18-10-11-23-22(15-18)26(31-25(30-23)21-8-4-5-9-24(21)33)32-13-12-19(16-32)29-27(34)36-17-20-7-3-1-2-6-14-35-20/h4-5,8-11,15,19-20,33H,1-3,6-7,12-14,16-17H2,(H,29,34). The molecule has 2 aliphatic heterocycles. The first kappa shape index (κ1) is 24.2. The zero-order chi connectivity index (χ0) is 24.9. The normalized spacial score (nSPS) is 20.6. The molecule has 1 aromatic heterocycles. The predicted octanol–water partition coefficient (Wildman–Crippen LogP) is 4.80. The van der Waals surface area contributed by atoms with Gasteiger partial charge in [0.05, 0.1) is 23.2 Å². The maximum Gasteiger partial charge on any atom is 0.407 e. The Kier molecular flexibility index (Phi) is 7.46. The van der Waals surface area contributed by atoms with E-state index < -0.39 is 6.09 Å². The van der Waals surface area contributed by atoms with Crippen LogP contribution in [0.25, 0.3) is 22.3 Å². The number of hydrogen-bond acceptors (Lipinski definition) is 7. The van der Waals surface area contributed by atoms with E-state index in [4.69, 9.17) is 14.5 Å². The molecule has 8 nitrogen and oxygen atoms in total. The number of carbonyl (C=O) groups is 1. The van der Waals surface area contributed by atoms with E-state index in [1.54, 1.807) is 30.3 Å². The van der Waals surface area contributed by atoms with Crippen molar-refractivity contribution in [2.45, 2.75) is 50.7 Å². The average molecular weight is 495 g/mol. The molecule has 0 bridgehead atoms. The Bertz CT molecular complexity index is 1220. The van der Waals surface area contributed by atoms with Crippen molar-refractivity contribution >= 4 is 22.8 Å². The second-order valence-electron chi connectivity index (χ2n) is 9.42. The molecule has 2 fully saturated rings. The fraction of sp³-hybridized carbons (Fsp3) is 0.444. The monoisotopic (exact) mass is 494 g/mol. The number of nitrogens with zero attached hydrogens (tertiary/aromatic N) is 3. The summed E-state index contributed by atoms with van der Waals surface area (Å²) in [5.41, 5.74) is 1.08. The number of carbonyl (C=O) groups excluding carboxylic acids is 1. The Morgan fingerprint density at radius 3 is 2.89 bits per heavy atom. The molecule has 0 radical (unpaired) electrons. The van der Waals surface area contributed by atoms with E-state index in [1.165, 1.54) is 25.0 Å². The molecule has 0 saturated carbocycles. The van der Waals surface area contributed by atoms with Gasteiger partial charge in [0.15, 0.2) is 5.82 Å². The molecule has 0 spiro atoms. The Hall–Kier alpha value is -3.46. The lowest BCUT2D eigenvalue weighted by atomic mass is 10.1. The molecular weight excluding hydrogens is 463 g/mol. The fourth-order valence-electron chi connectivity index (χ4n) is 4.85. The van der Waals surface area contributed by atoms with Crippen LogP contribution in [-0.2, 0) is 9.47 Å². The lowest BCUT2D eigenvalue weighted by molar-refractivity contribution is -0.00763. The quantitative estimate of drug-likeness (QED) is 0.526. The minimum Gasteiger partial charge on any atom is -0.507 e. The summed E-state index contributed by atoms with van der Waals surface area (Å²) in [6, 6.07) is 11.1. The summed E-state index contributed by atoms with van der Waals surface area (Å²) < 4.78 is 25.4. The van der Waals surface area contributed by atoms with Crippen molar-refractivity contribution in [2.24, 2.45) is 0 Å². The Morgan fingerprint density at radius 2 is 2.00 bits per heavy atom. The molecule has 0 aliphatic carbocycles. The number of benzene rings is 2. The number of rotatable bonds is 5. The number of aromatic hydroxyl groups is 1. The number of phenolic OH excluding ortho intramolecular Hbond substituents is 1. The highest BCUT2D eigenvalue weighted by molar-refractivity contribution is 5.91. The van der Waals surface area contributed by atoms with Gasteiger partial charge in [0, 0.05) is 25.1 Å². The van der Waals surface area contributed by atoms with Gasteiger partial charge in [0.1, 0.15) is 24.0 Å². The lowest BCUT2D eigenvalue weighted by Crippen LogP contribution is -2.39. The van der Waals surface area contributed by atoms with E-state index in [0.29, 0.717) is 54.2 Å². The first-order chi connectivity index (χ1) is 17.6. The zero-order valence-electron chi connectivity index (χ0n) is 20.2. The predicted molar refractivity (Wildman–Crippen MR) is 135 cm³/mol. The number of anilines is 1. The summed E-state index contributed by atoms with van der Waals surface area (Å²) in [6.45, 7) is 2.09. The average Bonchev–Trinajstić information content (AvgIpc) is 3.31. The van der Waals surface area contributed by atoms with Crippen molar-refractivity contribution in [3.05, 3.63) is 48.3 Å². The number of phenols is 1. The van der Waals surface area contributed by atoms with Crippen LogP contribution in [0.1, 0.15) is 38.5 Å². The Labute approximate surface area is 209 Å². The summed E-state index contributed by atoms with van der Waals surface area (Å²) in [6.07, 6.45) is 5.61. The van der Waals surface area contributed by atoms with Crippen molar-refractivity contribution in [1.29, 1.82) is 0 Å². The van der Waals surface area contributed by atoms with Gasteiger partial charge in [-0.2, -0.15) is 0 Å². The number of halogens is 1. The van der Waals surface area contributed by atoms with E-state index >= 15 is 0 Å². The van der Waals surface area contributed by atoms with Gasteiger partial charge in [0.25, 0.3) is 0 Å². The molecule has 2 saturated heterocycles. The van der Waals surface area contributed by atoms with Crippen molar-refractivity contribution in [2.75, 3.05) is 31.2 Å². The number of fused-ring (bicyclic) bond motifs is 1. The summed E-state index contributed by atoms with van der Waals surface area (Å²) in [5, 5.41) is 13.9. The molecule has 2 N–H and O–H groups in total. The van der Waals surface area contributed by atoms with E-state index in [2.05, 4.69) is 10.3 Å². The number of hydrogen-bond donors (Lipinski definition) is 2. The summed E-state index contributed by atoms with van der Waals surface area (Å²) in [7, 11) is 0. The lowest BCUT2D eigenvalue weighted by Gasteiger charge is -2.22. The third kappa shape index (κ3) is 5.67. The maximum atomic E-state index is 14.1. The topological polar surface area (TPSA) is 96.8 Å². The SMILES string of the molecule is O=C(NC1CCN(c2nc(-c3ccccc3O)nc3ccc(F)cc23)C1)OCC1CCCCCCO1. The molecule has 36 heavy (non-hydrogen) atoms. The Morgan fingerprint density at radius 1 is 1.14 bits per heavy atom. The fourth-order valence-corrected chi connectivity index (χ4v) is 4.85. The smallest absolute Gasteiger partial charge is 0.407 e. The first-order valence-corrected chi connectivity index (χ1v) is 12.6. The van der Waals surface area contributed by atoms with Crippen molar-refractivity contribution < 1.29 is 23.8 Å². The van der Waals surface area contributed by atoms with E-state index in [9.17, 15) is 14.3 Å². The number of ether oxygens (including phenoxy) is 2. The van der Waals surface area contributed by atoms with Crippen LogP contribution in [0, 0.1) is 5.82 Å². The second-order valence-corrected chi connectivity index (χ2v) is 9.42. The minimum atomic E-state index is -0.457. The van der Waals surface area contributed by atoms with Gasteiger partial charge in [-0.15, -0.1) is 0 Å². The molecule has 3 aromatic rings. The van der Waals surface area contributed by atoms with Crippen molar-refractivity contribution in [3.63, 3.8) is 0 Å². The zero-order valence-corrected chi connectivity index (χ0v) is 20.2. The molecule has 3 heterocycles. The largest absolute Gasteiger partial charge is 0.507 e. The van der Waals surface area contributed by atoms with Gasteiger partial charge in [-0.05, 0) is 49.6 Å². The molecule has 190 valence electrons. The van der Waals surface area contributed by atoms with Gasteiger partial charge in [-0.1, -0.05) is 31.4 Å². The Balaban J connectivity index is 1.28. The van der Waals surface area contributed by atoms with Gasteiger partial charge in [-0.3, -0.25) is 0 Å². The van der Waals surface area contributed by atoms with Crippen LogP contribution in [0.15, 0.2) is 42.5 Å². The van der Waals surface area contributed by atoms with Crippen LogP contribution >= 0.6 is 0 Å². The maximum absolute atomic E-state index is 14.1. The van der Waals surface area contributed by atoms with Crippen LogP contribution < -0.4 is 10.2 Å². The summed E-state index contributed by atoms with van der Waals surface area (Å²) in [5.74, 6) is 0.619. The van der Waals surface area contributed by atoms with Gasteiger partial charge in [-0.25, -0.2) is 19.2 Å². The number of nitrogens with one attached hydrogen (secondary N) is 1. The summed E-state index contributed by atoms with van der Waals surface area (Å²) in [4.78, 5) is 23.7. The highest BCUT2D eigenvalue weighted by atomic mass is 19.1. The van der Waals surface area contributed by atoms with Crippen LogP contribution in [0.5, 0.6) is 5.75 Å². The third-order valence-corrected chi connectivity index (χ3v) is 6.77. The number of alkyl carbamates (subject to hydrolysis) is 1. The molecule has 9 heteroatoms. The minimum absolute atomic E-state index is 0.0498. The molecule has 2 unspecified atom stereocenters. The number of para-hydroxylation sites is 1. The van der Waals surface area contributed by atoms with Gasteiger partial charge in [0.2, 0.25) is 0 Å². The molecule has 2 atom stereocenters. The molecule has 1 amide bonds. The van der Waals surface area contributed by atoms with Gasteiger partial charge < -0.3 is 24.8 Å². The first-order valence-electron chi connectivity index (χ1n) is 12.6. The summed E-state index contributed by atoms with van der Waals surface area (Å²) >= 11 is 0. The molecular formula is C27H31FN4O4. The van der Waals surface area contributed by atoms with Crippen molar-refractivity contribution in [3.8, 4) is 17.1 Å². The van der Waals surface area contributed by atoms with E-state index in [0.717, 1.165) is 19.3 Å². The number of aromatic nitrogens is 2. The number of amides is 1. The van der Waals surface area contributed by atoms with Gasteiger partial charge >= 0.3 is 6.09 Å². The second kappa shape index (κ2) is 11.1. The van der Waals surface area contributed by atoms with Crippen molar-refractivity contribution in [1.82, 2.24) is 15.3 Å². The van der Waals surface area contributed by atoms with Crippen LogP contribution in [-0.4, -0.2) is 59.6 Å². The van der Waals surface area contributed by atoms with E-state index in [-0.39, 0.29) is 30.3 Å². The molecule has 2 aromatic carbocycles.